The number of ether oxygens (including phenoxy) is 2. The monoisotopic (exact) mass is 376 g/mol. The minimum Gasteiger partial charge on any atom is -0.497 e. The van der Waals surface area contributed by atoms with Gasteiger partial charge in [-0.1, -0.05) is 26.0 Å². The molecule has 0 radical (unpaired) electrons. The molecule has 1 aromatic rings. The first-order valence-electron chi connectivity index (χ1n) is 10.1. The van der Waals surface area contributed by atoms with Gasteiger partial charge in [-0.15, -0.1) is 0 Å². The maximum atomic E-state index is 5.49. The summed E-state index contributed by atoms with van der Waals surface area (Å²) in [6, 6.07) is 8.66. The number of guanidine groups is 1. The van der Waals surface area contributed by atoms with Gasteiger partial charge >= 0.3 is 0 Å². The Morgan fingerprint density at radius 3 is 2.70 bits per heavy atom. The lowest BCUT2D eigenvalue weighted by Gasteiger charge is -2.36. The Hall–Kier alpha value is -1.79. The molecule has 1 aromatic carbocycles. The topological polar surface area (TPSA) is 58.1 Å². The van der Waals surface area contributed by atoms with Crippen molar-refractivity contribution in [1.82, 2.24) is 15.5 Å². The summed E-state index contributed by atoms with van der Waals surface area (Å²) in [6.07, 6.45) is 0.929. The largest absolute Gasteiger partial charge is 0.497 e. The number of morpholine rings is 1. The third kappa shape index (κ3) is 7.39. The second-order valence-electron chi connectivity index (χ2n) is 7.21. The standard InChI is InChI=1S/C21H36N4O2/c1-5-22-21(23-10-9-18-7-6-8-19(15-18)26-4)24-16-20(17(2)3)25-11-13-27-14-12-25/h6-8,15,17,20H,5,9-14,16H2,1-4H3,(H2,22,23,24). The van der Waals surface area contributed by atoms with E-state index in [1.807, 2.05) is 12.1 Å². The van der Waals surface area contributed by atoms with Crippen molar-refractivity contribution in [2.45, 2.75) is 33.2 Å². The van der Waals surface area contributed by atoms with Crippen LogP contribution in [-0.4, -0.2) is 69.9 Å². The average molecular weight is 377 g/mol. The van der Waals surface area contributed by atoms with Crippen molar-refractivity contribution in [2.24, 2.45) is 10.9 Å². The normalized spacial score (nSPS) is 17.0. The number of aliphatic imine (C=N–C) groups is 1. The molecule has 0 saturated carbocycles. The molecule has 1 atom stereocenters. The smallest absolute Gasteiger partial charge is 0.191 e. The van der Waals surface area contributed by atoms with Crippen LogP contribution in [0.4, 0.5) is 0 Å². The second kappa shape index (κ2) is 11.8. The molecule has 1 fully saturated rings. The quantitative estimate of drug-likeness (QED) is 0.511. The summed E-state index contributed by atoms with van der Waals surface area (Å²) >= 11 is 0. The van der Waals surface area contributed by atoms with Gasteiger partial charge in [0.1, 0.15) is 5.75 Å². The highest BCUT2D eigenvalue weighted by atomic mass is 16.5. The third-order valence-electron chi connectivity index (χ3n) is 4.91. The van der Waals surface area contributed by atoms with E-state index in [-0.39, 0.29) is 0 Å². The van der Waals surface area contributed by atoms with Crippen LogP contribution in [0, 0.1) is 5.92 Å². The van der Waals surface area contributed by atoms with Gasteiger partial charge in [0.2, 0.25) is 0 Å². The molecular weight excluding hydrogens is 340 g/mol. The summed E-state index contributed by atoms with van der Waals surface area (Å²) in [5.74, 6) is 2.35. The highest BCUT2D eigenvalue weighted by Gasteiger charge is 2.23. The number of hydrogen-bond donors (Lipinski definition) is 2. The maximum Gasteiger partial charge on any atom is 0.191 e. The lowest BCUT2D eigenvalue weighted by atomic mass is 10.0. The lowest BCUT2D eigenvalue weighted by Crippen LogP contribution is -2.48. The summed E-state index contributed by atoms with van der Waals surface area (Å²) in [7, 11) is 1.70. The van der Waals surface area contributed by atoms with Crippen LogP contribution in [0.15, 0.2) is 29.3 Å². The first kappa shape index (κ1) is 21.5. The SMILES string of the molecule is CCNC(=NCC(C(C)C)N1CCOCC1)NCCc1cccc(OC)c1. The predicted octanol–water partition coefficient (Wildman–Crippen LogP) is 2.15. The van der Waals surface area contributed by atoms with E-state index in [0.29, 0.717) is 12.0 Å². The average Bonchev–Trinajstić information content (AvgIpc) is 2.69. The molecule has 1 aliphatic rings. The van der Waals surface area contributed by atoms with Crippen molar-refractivity contribution in [3.8, 4) is 5.75 Å². The van der Waals surface area contributed by atoms with E-state index < -0.39 is 0 Å². The van der Waals surface area contributed by atoms with Gasteiger partial charge in [-0.25, -0.2) is 0 Å². The molecule has 6 heteroatoms. The highest BCUT2D eigenvalue weighted by Crippen LogP contribution is 2.14. The Morgan fingerprint density at radius 2 is 2.04 bits per heavy atom. The molecule has 6 nitrogen and oxygen atoms in total. The van der Waals surface area contributed by atoms with Crippen LogP contribution in [0.2, 0.25) is 0 Å². The van der Waals surface area contributed by atoms with Gasteiger partial charge in [0, 0.05) is 32.2 Å². The molecule has 0 aliphatic carbocycles. The summed E-state index contributed by atoms with van der Waals surface area (Å²) in [5.41, 5.74) is 1.26. The molecule has 1 aliphatic heterocycles. The Balaban J connectivity index is 1.89. The van der Waals surface area contributed by atoms with Gasteiger partial charge in [-0.05, 0) is 37.0 Å². The minimum atomic E-state index is 0.447. The van der Waals surface area contributed by atoms with Crippen molar-refractivity contribution >= 4 is 5.96 Å². The summed E-state index contributed by atoms with van der Waals surface area (Å²) in [4.78, 5) is 7.37. The predicted molar refractivity (Wildman–Crippen MR) is 112 cm³/mol. The van der Waals surface area contributed by atoms with Crippen LogP contribution >= 0.6 is 0 Å². The van der Waals surface area contributed by atoms with Gasteiger partial charge < -0.3 is 20.1 Å². The van der Waals surface area contributed by atoms with Gasteiger partial charge in [0.15, 0.2) is 5.96 Å². The molecule has 27 heavy (non-hydrogen) atoms. The Labute approximate surface area is 164 Å². The summed E-state index contributed by atoms with van der Waals surface area (Å²) in [5, 5.41) is 6.82. The first-order valence-corrected chi connectivity index (χ1v) is 10.1. The number of nitrogens with one attached hydrogen (secondary N) is 2. The van der Waals surface area contributed by atoms with Crippen molar-refractivity contribution in [1.29, 1.82) is 0 Å². The van der Waals surface area contributed by atoms with Crippen molar-refractivity contribution < 1.29 is 9.47 Å². The van der Waals surface area contributed by atoms with E-state index in [0.717, 1.165) is 64.1 Å². The fourth-order valence-corrected chi connectivity index (χ4v) is 3.34. The van der Waals surface area contributed by atoms with Crippen molar-refractivity contribution in [2.75, 3.05) is 53.0 Å². The zero-order valence-electron chi connectivity index (χ0n) is 17.3. The molecule has 152 valence electrons. The van der Waals surface area contributed by atoms with Gasteiger partial charge in [-0.2, -0.15) is 0 Å². The minimum absolute atomic E-state index is 0.447. The van der Waals surface area contributed by atoms with E-state index in [4.69, 9.17) is 14.5 Å². The fraction of sp³-hybridized carbons (Fsp3) is 0.667. The van der Waals surface area contributed by atoms with E-state index in [9.17, 15) is 0 Å². The van der Waals surface area contributed by atoms with Crippen LogP contribution in [0.1, 0.15) is 26.3 Å². The second-order valence-corrected chi connectivity index (χ2v) is 7.21. The Bertz CT molecular complexity index is 571. The first-order chi connectivity index (χ1) is 13.1. The molecule has 1 saturated heterocycles. The highest BCUT2D eigenvalue weighted by molar-refractivity contribution is 5.79. The van der Waals surface area contributed by atoms with Gasteiger partial charge in [0.05, 0.1) is 26.9 Å². The molecule has 0 bridgehead atoms. The number of benzene rings is 1. The van der Waals surface area contributed by atoms with E-state index >= 15 is 0 Å². The molecule has 0 spiro atoms. The lowest BCUT2D eigenvalue weighted by molar-refractivity contribution is 0.00867. The molecule has 0 aromatic heterocycles. The molecule has 2 N–H and O–H groups in total. The van der Waals surface area contributed by atoms with E-state index in [1.165, 1.54) is 5.56 Å². The van der Waals surface area contributed by atoms with Gasteiger partial charge in [0.25, 0.3) is 0 Å². The maximum absolute atomic E-state index is 5.49. The zero-order valence-corrected chi connectivity index (χ0v) is 17.3. The number of hydrogen-bond acceptors (Lipinski definition) is 4. The molecule has 1 unspecified atom stereocenters. The van der Waals surface area contributed by atoms with Crippen LogP contribution in [0.5, 0.6) is 5.75 Å². The van der Waals surface area contributed by atoms with Crippen molar-refractivity contribution in [3.63, 3.8) is 0 Å². The Morgan fingerprint density at radius 1 is 1.26 bits per heavy atom. The molecule has 0 amide bonds. The fourth-order valence-electron chi connectivity index (χ4n) is 3.34. The van der Waals surface area contributed by atoms with Crippen LogP contribution in [-0.2, 0) is 11.2 Å². The van der Waals surface area contributed by atoms with E-state index in [2.05, 4.69) is 48.4 Å². The molecular formula is C21H36N4O2. The van der Waals surface area contributed by atoms with E-state index in [1.54, 1.807) is 7.11 Å². The Kier molecular flexibility index (Phi) is 9.42. The van der Waals surface area contributed by atoms with Gasteiger partial charge in [-0.3, -0.25) is 9.89 Å². The number of methoxy groups -OCH3 is 1. The van der Waals surface area contributed by atoms with Crippen LogP contribution < -0.4 is 15.4 Å². The summed E-state index contributed by atoms with van der Waals surface area (Å²) in [6.45, 7) is 12.8. The van der Waals surface area contributed by atoms with Crippen LogP contribution in [0.3, 0.4) is 0 Å². The zero-order chi connectivity index (χ0) is 19.5. The van der Waals surface area contributed by atoms with Crippen LogP contribution in [0.25, 0.3) is 0 Å². The number of rotatable bonds is 9. The molecule has 2 rings (SSSR count). The third-order valence-corrected chi connectivity index (χ3v) is 4.91. The van der Waals surface area contributed by atoms with Crippen molar-refractivity contribution in [3.05, 3.63) is 29.8 Å². The molecule has 1 heterocycles. The summed E-state index contributed by atoms with van der Waals surface area (Å²) < 4.78 is 10.8. The number of nitrogens with zero attached hydrogens (tertiary/aromatic N) is 2.